The fourth-order valence-corrected chi connectivity index (χ4v) is 3.20. The minimum absolute atomic E-state index is 0.135. The molecule has 3 rings (SSSR count). The SMILES string of the molecule is Nc1nc(N2CCS(=O)(=O)CC2)c2cn[nH]c2n1. The van der Waals surface area contributed by atoms with Gasteiger partial charge in [-0.1, -0.05) is 0 Å². The number of nitrogens with two attached hydrogens (primary N) is 1. The predicted octanol–water partition coefficient (Wildman–Crippen LogP) is -0.830. The summed E-state index contributed by atoms with van der Waals surface area (Å²) in [5, 5.41) is 7.38. The lowest BCUT2D eigenvalue weighted by molar-refractivity contribution is 0.586. The second kappa shape index (κ2) is 3.80. The average molecular weight is 268 g/mol. The molecule has 3 heterocycles. The summed E-state index contributed by atoms with van der Waals surface area (Å²) in [7, 11) is -2.91. The zero-order valence-electron chi connectivity index (χ0n) is 9.50. The number of fused-ring (bicyclic) bond motifs is 1. The van der Waals surface area contributed by atoms with Gasteiger partial charge in [0.15, 0.2) is 15.5 Å². The van der Waals surface area contributed by atoms with Crippen LogP contribution in [-0.4, -0.2) is 53.2 Å². The molecule has 1 saturated heterocycles. The highest BCUT2D eigenvalue weighted by atomic mass is 32.2. The number of rotatable bonds is 1. The number of anilines is 2. The minimum atomic E-state index is -2.91. The molecule has 0 radical (unpaired) electrons. The molecule has 1 aliphatic heterocycles. The van der Waals surface area contributed by atoms with E-state index in [-0.39, 0.29) is 17.5 Å². The van der Waals surface area contributed by atoms with Crippen LogP contribution in [0, 0.1) is 0 Å². The van der Waals surface area contributed by atoms with Gasteiger partial charge in [-0.15, -0.1) is 0 Å². The van der Waals surface area contributed by atoms with E-state index in [1.165, 1.54) is 0 Å². The Kier molecular flexibility index (Phi) is 2.37. The van der Waals surface area contributed by atoms with Crippen molar-refractivity contribution in [1.29, 1.82) is 0 Å². The smallest absolute Gasteiger partial charge is 0.224 e. The molecule has 0 saturated carbocycles. The topological polar surface area (TPSA) is 118 Å². The van der Waals surface area contributed by atoms with E-state index in [9.17, 15) is 8.42 Å². The predicted molar refractivity (Wildman–Crippen MR) is 67.0 cm³/mol. The van der Waals surface area contributed by atoms with Gasteiger partial charge in [-0.2, -0.15) is 15.1 Å². The molecule has 0 spiro atoms. The quantitative estimate of drug-likeness (QED) is 0.693. The van der Waals surface area contributed by atoms with E-state index in [1.54, 1.807) is 6.20 Å². The summed E-state index contributed by atoms with van der Waals surface area (Å²) in [6.45, 7) is 0.831. The van der Waals surface area contributed by atoms with Crippen molar-refractivity contribution in [2.24, 2.45) is 0 Å². The first-order chi connectivity index (χ1) is 8.55. The monoisotopic (exact) mass is 268 g/mol. The molecular weight excluding hydrogens is 256 g/mol. The van der Waals surface area contributed by atoms with Crippen molar-refractivity contribution in [3.63, 3.8) is 0 Å². The number of aromatic amines is 1. The maximum atomic E-state index is 11.4. The summed E-state index contributed by atoms with van der Waals surface area (Å²) in [4.78, 5) is 10.1. The summed E-state index contributed by atoms with van der Waals surface area (Å²) in [6, 6.07) is 0. The summed E-state index contributed by atoms with van der Waals surface area (Å²) in [5.41, 5.74) is 6.19. The Bertz CT molecular complexity index is 680. The lowest BCUT2D eigenvalue weighted by Gasteiger charge is -2.27. The van der Waals surface area contributed by atoms with Crippen molar-refractivity contribution in [3.05, 3.63) is 6.20 Å². The second-order valence-corrected chi connectivity index (χ2v) is 6.48. The number of hydrogen-bond donors (Lipinski definition) is 2. The molecule has 0 atom stereocenters. The zero-order valence-corrected chi connectivity index (χ0v) is 10.3. The standard InChI is InChI=1S/C9H12N6O2S/c10-9-12-7-6(5-11-14-7)8(13-9)15-1-3-18(16,17)4-2-15/h5H,1-4H2,(H3,10,11,12,13,14). The Labute approximate surface area is 103 Å². The van der Waals surface area contributed by atoms with Crippen LogP contribution in [0.5, 0.6) is 0 Å². The van der Waals surface area contributed by atoms with Gasteiger partial charge in [0.1, 0.15) is 5.82 Å². The van der Waals surface area contributed by atoms with E-state index >= 15 is 0 Å². The lowest BCUT2D eigenvalue weighted by atomic mass is 10.3. The molecule has 1 aliphatic rings. The van der Waals surface area contributed by atoms with Gasteiger partial charge >= 0.3 is 0 Å². The van der Waals surface area contributed by atoms with Crippen LogP contribution in [0.15, 0.2) is 6.20 Å². The van der Waals surface area contributed by atoms with Crippen LogP contribution in [-0.2, 0) is 9.84 Å². The van der Waals surface area contributed by atoms with Crippen molar-refractivity contribution in [2.75, 3.05) is 35.2 Å². The van der Waals surface area contributed by atoms with Gasteiger partial charge in [-0.05, 0) is 0 Å². The van der Waals surface area contributed by atoms with Crippen LogP contribution in [0.25, 0.3) is 11.0 Å². The van der Waals surface area contributed by atoms with Crippen LogP contribution >= 0.6 is 0 Å². The largest absolute Gasteiger partial charge is 0.368 e. The highest BCUT2D eigenvalue weighted by molar-refractivity contribution is 7.91. The third-order valence-corrected chi connectivity index (χ3v) is 4.56. The van der Waals surface area contributed by atoms with E-state index < -0.39 is 9.84 Å². The third kappa shape index (κ3) is 1.86. The Morgan fingerprint density at radius 2 is 2.00 bits per heavy atom. The van der Waals surface area contributed by atoms with E-state index in [0.717, 1.165) is 5.39 Å². The van der Waals surface area contributed by atoms with Gasteiger partial charge in [-0.3, -0.25) is 5.10 Å². The lowest BCUT2D eigenvalue weighted by Crippen LogP contribution is -2.40. The van der Waals surface area contributed by atoms with Crippen LogP contribution in [0.3, 0.4) is 0 Å². The fourth-order valence-electron chi connectivity index (χ4n) is 2.00. The molecule has 3 N–H and O–H groups in total. The second-order valence-electron chi connectivity index (χ2n) is 4.18. The number of aromatic nitrogens is 4. The Balaban J connectivity index is 2.02. The van der Waals surface area contributed by atoms with E-state index in [0.29, 0.717) is 24.6 Å². The molecule has 9 heteroatoms. The first-order valence-corrected chi connectivity index (χ1v) is 7.29. The number of sulfone groups is 1. The van der Waals surface area contributed by atoms with Crippen molar-refractivity contribution in [1.82, 2.24) is 20.2 Å². The molecule has 0 aromatic carbocycles. The van der Waals surface area contributed by atoms with Crippen LogP contribution < -0.4 is 10.6 Å². The number of nitrogens with zero attached hydrogens (tertiary/aromatic N) is 4. The van der Waals surface area contributed by atoms with Crippen molar-refractivity contribution in [2.45, 2.75) is 0 Å². The number of nitrogen functional groups attached to an aromatic ring is 1. The fraction of sp³-hybridized carbons (Fsp3) is 0.444. The molecule has 0 unspecified atom stereocenters. The Morgan fingerprint density at radius 1 is 1.28 bits per heavy atom. The Hall–Kier alpha value is -1.90. The molecule has 0 amide bonds. The number of nitrogens with one attached hydrogen (secondary N) is 1. The normalized spacial score (nSPS) is 19.2. The summed E-state index contributed by atoms with van der Waals surface area (Å²) >= 11 is 0. The highest BCUT2D eigenvalue weighted by Crippen LogP contribution is 2.24. The van der Waals surface area contributed by atoms with Gasteiger partial charge in [0.25, 0.3) is 0 Å². The number of H-pyrrole nitrogens is 1. The van der Waals surface area contributed by atoms with Gasteiger partial charge in [0, 0.05) is 13.1 Å². The van der Waals surface area contributed by atoms with Crippen molar-refractivity contribution >= 4 is 32.6 Å². The van der Waals surface area contributed by atoms with Crippen LogP contribution in [0.4, 0.5) is 11.8 Å². The van der Waals surface area contributed by atoms with Crippen molar-refractivity contribution in [3.8, 4) is 0 Å². The van der Waals surface area contributed by atoms with Crippen LogP contribution in [0.1, 0.15) is 0 Å². The summed E-state index contributed by atoms with van der Waals surface area (Å²) < 4.78 is 22.8. The van der Waals surface area contributed by atoms with Crippen molar-refractivity contribution < 1.29 is 8.42 Å². The van der Waals surface area contributed by atoms with Gasteiger partial charge in [0.2, 0.25) is 5.95 Å². The van der Waals surface area contributed by atoms with E-state index in [1.807, 2.05) is 4.90 Å². The molecule has 2 aromatic heterocycles. The minimum Gasteiger partial charge on any atom is -0.368 e. The molecule has 1 fully saturated rings. The molecule has 18 heavy (non-hydrogen) atoms. The van der Waals surface area contributed by atoms with Crippen LogP contribution in [0.2, 0.25) is 0 Å². The number of hydrogen-bond acceptors (Lipinski definition) is 7. The molecule has 96 valence electrons. The Morgan fingerprint density at radius 3 is 2.72 bits per heavy atom. The molecule has 0 bridgehead atoms. The maximum Gasteiger partial charge on any atom is 0.224 e. The summed E-state index contributed by atoms with van der Waals surface area (Å²) in [6.07, 6.45) is 1.62. The molecule has 2 aromatic rings. The van der Waals surface area contributed by atoms with E-state index in [2.05, 4.69) is 20.2 Å². The van der Waals surface area contributed by atoms with Gasteiger partial charge < -0.3 is 10.6 Å². The average Bonchev–Trinajstić information content (AvgIpc) is 2.76. The van der Waals surface area contributed by atoms with Gasteiger partial charge in [0.05, 0.1) is 23.1 Å². The highest BCUT2D eigenvalue weighted by Gasteiger charge is 2.24. The third-order valence-electron chi connectivity index (χ3n) is 2.95. The van der Waals surface area contributed by atoms with E-state index in [4.69, 9.17) is 5.73 Å². The molecular formula is C9H12N6O2S. The first-order valence-electron chi connectivity index (χ1n) is 5.47. The molecule has 8 nitrogen and oxygen atoms in total. The zero-order chi connectivity index (χ0) is 12.8. The maximum absolute atomic E-state index is 11.4. The first kappa shape index (κ1) is 11.2. The summed E-state index contributed by atoms with van der Waals surface area (Å²) in [5.74, 6) is 1.06. The van der Waals surface area contributed by atoms with Gasteiger partial charge in [-0.25, -0.2) is 8.42 Å². The molecule has 0 aliphatic carbocycles.